The van der Waals surface area contributed by atoms with Crippen LogP contribution in [0.4, 0.5) is 0 Å². The molecule has 0 saturated carbocycles. The number of halogens is 1. The molecule has 0 bridgehead atoms. The summed E-state index contributed by atoms with van der Waals surface area (Å²) < 4.78 is 26.7. The zero-order chi connectivity index (χ0) is 18.6. The Morgan fingerprint density at radius 2 is 1.54 bits per heavy atom. The van der Waals surface area contributed by atoms with Gasteiger partial charge in [0.15, 0.2) is 0 Å². The predicted octanol–water partition coefficient (Wildman–Crippen LogP) is 3.13. The molecule has 0 fully saturated rings. The third-order valence-corrected chi connectivity index (χ3v) is 6.21. The SMILES string of the molecule is Cc1c2c(nn1S(=O)(=O)c1ccc(Cl)cc1)-c1ccccc1C(=O)C2=O. The molecule has 4 rings (SSSR count). The van der Waals surface area contributed by atoms with Gasteiger partial charge in [0.1, 0.15) is 5.69 Å². The quantitative estimate of drug-likeness (QED) is 0.631. The number of benzene rings is 2. The van der Waals surface area contributed by atoms with Crippen LogP contribution in [0, 0.1) is 6.92 Å². The second kappa shape index (κ2) is 5.62. The van der Waals surface area contributed by atoms with Crippen LogP contribution in [0.2, 0.25) is 5.02 Å². The molecule has 26 heavy (non-hydrogen) atoms. The van der Waals surface area contributed by atoms with Crippen LogP contribution >= 0.6 is 11.6 Å². The van der Waals surface area contributed by atoms with Gasteiger partial charge in [0.2, 0.25) is 11.6 Å². The molecule has 6 nitrogen and oxygen atoms in total. The summed E-state index contributed by atoms with van der Waals surface area (Å²) in [5, 5.41) is 4.57. The van der Waals surface area contributed by atoms with E-state index >= 15 is 0 Å². The van der Waals surface area contributed by atoms with E-state index < -0.39 is 21.6 Å². The van der Waals surface area contributed by atoms with Gasteiger partial charge in [0, 0.05) is 16.1 Å². The molecule has 0 radical (unpaired) electrons. The molecule has 0 unspecified atom stereocenters. The molecule has 0 atom stereocenters. The smallest absolute Gasteiger partial charge is 0.283 e. The van der Waals surface area contributed by atoms with Gasteiger partial charge in [-0.1, -0.05) is 35.9 Å². The predicted molar refractivity (Wildman–Crippen MR) is 95.1 cm³/mol. The molecule has 0 spiro atoms. The zero-order valence-corrected chi connectivity index (χ0v) is 15.0. The molecule has 0 saturated heterocycles. The summed E-state index contributed by atoms with van der Waals surface area (Å²) in [6, 6.07) is 12.1. The summed E-state index contributed by atoms with van der Waals surface area (Å²) in [6.07, 6.45) is 0. The lowest BCUT2D eigenvalue weighted by Crippen LogP contribution is -2.21. The van der Waals surface area contributed by atoms with E-state index in [0.717, 1.165) is 4.09 Å². The average molecular weight is 387 g/mol. The lowest BCUT2D eigenvalue weighted by Gasteiger charge is -2.12. The Hall–Kier alpha value is -2.77. The van der Waals surface area contributed by atoms with Gasteiger partial charge in [-0.25, -0.2) is 0 Å². The fourth-order valence-electron chi connectivity index (χ4n) is 3.01. The lowest BCUT2D eigenvalue weighted by molar-refractivity contribution is 0.0815. The Labute approximate surface area is 154 Å². The molecule has 1 heterocycles. The summed E-state index contributed by atoms with van der Waals surface area (Å²) in [4.78, 5) is 24.8. The largest absolute Gasteiger partial charge is 0.285 e. The summed E-state index contributed by atoms with van der Waals surface area (Å²) in [5.74, 6) is -1.42. The van der Waals surface area contributed by atoms with Crippen molar-refractivity contribution in [3.8, 4) is 11.3 Å². The normalized spacial score (nSPS) is 13.5. The first-order valence-corrected chi connectivity index (χ1v) is 9.43. The number of carbonyl (C=O) groups excluding carboxylic acids is 2. The van der Waals surface area contributed by atoms with Gasteiger partial charge >= 0.3 is 0 Å². The van der Waals surface area contributed by atoms with Crippen molar-refractivity contribution in [2.45, 2.75) is 11.8 Å². The zero-order valence-electron chi connectivity index (χ0n) is 13.4. The standard InChI is InChI=1S/C18H11ClN2O4S/c1-10-15-16(13-4-2-3-5-14(13)17(22)18(15)23)20-21(10)26(24,25)12-8-6-11(19)7-9-12/h2-9H,1H3. The first-order chi connectivity index (χ1) is 12.3. The van der Waals surface area contributed by atoms with Crippen LogP contribution in [0.25, 0.3) is 11.3 Å². The molecule has 1 aliphatic rings. The summed E-state index contributed by atoms with van der Waals surface area (Å²) >= 11 is 5.81. The maximum Gasteiger partial charge on any atom is 0.283 e. The maximum absolute atomic E-state index is 12.9. The third-order valence-electron chi connectivity index (χ3n) is 4.28. The Morgan fingerprint density at radius 3 is 2.19 bits per heavy atom. The van der Waals surface area contributed by atoms with E-state index in [2.05, 4.69) is 5.10 Å². The van der Waals surface area contributed by atoms with Gasteiger partial charge in [0.25, 0.3) is 10.0 Å². The van der Waals surface area contributed by atoms with Crippen molar-refractivity contribution in [3.63, 3.8) is 0 Å². The minimum absolute atomic E-state index is 0.0168. The fourth-order valence-corrected chi connectivity index (χ4v) is 4.45. The Morgan fingerprint density at radius 1 is 0.923 bits per heavy atom. The van der Waals surface area contributed by atoms with Crippen LogP contribution in [0.5, 0.6) is 0 Å². The number of aromatic nitrogens is 2. The molecule has 0 aliphatic heterocycles. The maximum atomic E-state index is 12.9. The van der Waals surface area contributed by atoms with Crippen molar-refractivity contribution in [1.29, 1.82) is 0 Å². The molecule has 3 aromatic rings. The topological polar surface area (TPSA) is 86.1 Å². The fraction of sp³-hybridized carbons (Fsp3) is 0.0556. The molecule has 2 aromatic carbocycles. The highest BCUT2D eigenvalue weighted by Crippen LogP contribution is 2.35. The minimum Gasteiger partial charge on any atom is -0.285 e. The van der Waals surface area contributed by atoms with Crippen LogP contribution in [-0.4, -0.2) is 29.2 Å². The molecule has 8 heteroatoms. The van der Waals surface area contributed by atoms with E-state index in [4.69, 9.17) is 11.6 Å². The second-order valence-electron chi connectivity index (χ2n) is 5.81. The van der Waals surface area contributed by atoms with Crippen molar-refractivity contribution in [1.82, 2.24) is 9.19 Å². The number of hydrogen-bond donors (Lipinski definition) is 0. The summed E-state index contributed by atoms with van der Waals surface area (Å²) in [6.45, 7) is 1.46. The highest BCUT2D eigenvalue weighted by molar-refractivity contribution is 7.89. The lowest BCUT2D eigenvalue weighted by atomic mass is 9.87. The first-order valence-electron chi connectivity index (χ1n) is 7.61. The molecule has 0 amide bonds. The Kier molecular flexibility index (Phi) is 3.61. The number of rotatable bonds is 2. The van der Waals surface area contributed by atoms with Crippen LogP contribution < -0.4 is 0 Å². The van der Waals surface area contributed by atoms with E-state index in [1.807, 2.05) is 0 Å². The van der Waals surface area contributed by atoms with E-state index in [0.29, 0.717) is 10.6 Å². The second-order valence-corrected chi connectivity index (χ2v) is 8.02. The molecular weight excluding hydrogens is 376 g/mol. The first kappa shape index (κ1) is 16.7. The van der Waals surface area contributed by atoms with Crippen molar-refractivity contribution >= 4 is 33.2 Å². The van der Waals surface area contributed by atoms with Gasteiger partial charge < -0.3 is 0 Å². The van der Waals surface area contributed by atoms with Crippen molar-refractivity contribution in [2.24, 2.45) is 0 Å². The third kappa shape index (κ3) is 2.24. The highest BCUT2D eigenvalue weighted by atomic mass is 35.5. The van der Waals surface area contributed by atoms with Gasteiger partial charge in [-0.05, 0) is 31.2 Å². The van der Waals surface area contributed by atoms with E-state index in [-0.39, 0.29) is 27.4 Å². The summed E-state index contributed by atoms with van der Waals surface area (Å²) in [7, 11) is -4.04. The van der Waals surface area contributed by atoms with Crippen molar-refractivity contribution in [3.05, 3.63) is 70.4 Å². The number of ketones is 2. The number of nitrogens with zero attached hydrogens (tertiary/aromatic N) is 2. The van der Waals surface area contributed by atoms with E-state index in [9.17, 15) is 18.0 Å². The van der Waals surface area contributed by atoms with E-state index in [1.165, 1.54) is 37.3 Å². The Balaban J connectivity index is 1.99. The monoisotopic (exact) mass is 386 g/mol. The van der Waals surface area contributed by atoms with Gasteiger partial charge in [-0.3, -0.25) is 9.59 Å². The number of Topliss-reactive ketones (excluding diaryl/α,β-unsaturated/α-hetero) is 2. The van der Waals surface area contributed by atoms with Crippen molar-refractivity contribution in [2.75, 3.05) is 0 Å². The number of hydrogen-bond acceptors (Lipinski definition) is 5. The molecule has 0 N–H and O–H groups in total. The highest BCUT2D eigenvalue weighted by Gasteiger charge is 2.37. The van der Waals surface area contributed by atoms with Crippen LogP contribution in [0.3, 0.4) is 0 Å². The van der Waals surface area contributed by atoms with Crippen molar-refractivity contribution < 1.29 is 18.0 Å². The number of fused-ring (bicyclic) bond motifs is 3. The van der Waals surface area contributed by atoms with Crippen LogP contribution in [0.1, 0.15) is 26.4 Å². The van der Waals surface area contributed by atoms with Gasteiger partial charge in [0.05, 0.1) is 16.2 Å². The Bertz CT molecular complexity index is 1190. The van der Waals surface area contributed by atoms with Gasteiger partial charge in [-0.2, -0.15) is 17.6 Å². The molecule has 130 valence electrons. The van der Waals surface area contributed by atoms with Crippen LogP contribution in [-0.2, 0) is 10.0 Å². The number of carbonyl (C=O) groups is 2. The molecule has 1 aromatic heterocycles. The van der Waals surface area contributed by atoms with E-state index in [1.54, 1.807) is 18.2 Å². The summed E-state index contributed by atoms with van der Waals surface area (Å²) in [5.41, 5.74) is 0.980. The molecule has 1 aliphatic carbocycles. The minimum atomic E-state index is -4.04. The average Bonchev–Trinajstić information content (AvgIpc) is 2.98. The molecular formula is C18H11ClN2O4S. The van der Waals surface area contributed by atoms with Gasteiger partial charge in [-0.15, -0.1) is 0 Å². The van der Waals surface area contributed by atoms with Crippen LogP contribution in [0.15, 0.2) is 53.4 Å².